The van der Waals surface area contributed by atoms with Gasteiger partial charge in [0.05, 0.1) is 7.05 Å². The summed E-state index contributed by atoms with van der Waals surface area (Å²) in [5.41, 5.74) is 0. The first-order valence-electron chi connectivity index (χ1n) is 4.14. The van der Waals surface area contributed by atoms with Crippen LogP contribution < -0.4 is 4.57 Å². The fourth-order valence-electron chi connectivity index (χ4n) is 0.966. The molecular weight excluding hydrogens is 249 g/mol. The highest BCUT2D eigenvalue weighted by Gasteiger charge is 2.34. The molecule has 0 aromatic carbocycles. The summed E-state index contributed by atoms with van der Waals surface area (Å²) in [4.78, 5) is 0. The Morgan fingerprint density at radius 2 is 2.06 bits per heavy atom. The Hall–Kier alpha value is -1.09. The zero-order valence-electron chi connectivity index (χ0n) is 8.52. The fourth-order valence-corrected chi connectivity index (χ4v) is 2.02. The van der Waals surface area contributed by atoms with Crippen LogP contribution in [0.1, 0.15) is 5.82 Å². The first-order valence-corrected chi connectivity index (χ1v) is 5.50. The molecule has 0 radical (unpaired) electrons. The molecule has 0 saturated carbocycles. The lowest BCUT2D eigenvalue weighted by atomic mass is 10.7. The van der Waals surface area contributed by atoms with E-state index in [0.29, 0.717) is 3.97 Å². The van der Waals surface area contributed by atoms with Crippen molar-refractivity contribution in [2.75, 3.05) is 6.61 Å². The topological polar surface area (TPSA) is 52.2 Å². The molecule has 1 heterocycles. The van der Waals surface area contributed by atoms with Crippen molar-refractivity contribution in [3.05, 3.63) is 18.2 Å². The number of aromatic nitrogens is 2. The SMILES string of the molecule is Cc1n(S(=O)(=O)OCC(F)(F)F)cc[n+]1C. The van der Waals surface area contributed by atoms with Gasteiger partial charge in [-0.3, -0.25) is 0 Å². The standard InChI is InChI=1S/C7H10F3N2O3S/c1-6-11(2)3-4-12(6)16(13,14)15-5-7(8,9)10/h3-4H,5H2,1-2H3/q+1. The Morgan fingerprint density at radius 3 is 2.44 bits per heavy atom. The van der Waals surface area contributed by atoms with Crippen LogP contribution in [-0.4, -0.2) is 25.2 Å². The number of hydrogen-bond donors (Lipinski definition) is 0. The van der Waals surface area contributed by atoms with E-state index < -0.39 is 23.1 Å². The number of alkyl halides is 3. The molecule has 1 rings (SSSR count). The van der Waals surface area contributed by atoms with Crippen LogP contribution >= 0.6 is 0 Å². The molecule has 0 atom stereocenters. The molecular formula is C7H10F3N2O3S+. The van der Waals surface area contributed by atoms with E-state index >= 15 is 0 Å². The van der Waals surface area contributed by atoms with E-state index in [0.717, 1.165) is 6.20 Å². The number of hydrogen-bond acceptors (Lipinski definition) is 3. The molecule has 0 saturated heterocycles. The molecule has 92 valence electrons. The van der Waals surface area contributed by atoms with Crippen LogP contribution in [-0.2, 0) is 21.5 Å². The second-order valence-electron chi connectivity index (χ2n) is 3.09. The smallest absolute Gasteiger partial charge is 0.236 e. The molecule has 0 fully saturated rings. The summed E-state index contributed by atoms with van der Waals surface area (Å²) in [6.07, 6.45) is -2.18. The first-order chi connectivity index (χ1) is 7.13. The minimum absolute atomic E-state index is 0.238. The Kier molecular flexibility index (Phi) is 3.29. The predicted octanol–water partition coefficient (Wildman–Crippen LogP) is 0.293. The van der Waals surface area contributed by atoms with Crippen LogP contribution in [0.15, 0.2) is 12.4 Å². The summed E-state index contributed by atoms with van der Waals surface area (Å²) < 4.78 is 64.0. The van der Waals surface area contributed by atoms with Gasteiger partial charge in [-0.25, -0.2) is 8.75 Å². The van der Waals surface area contributed by atoms with Crippen LogP contribution in [0.5, 0.6) is 0 Å². The molecule has 0 aliphatic rings. The van der Waals surface area contributed by atoms with Gasteiger partial charge in [-0.1, -0.05) is 3.97 Å². The summed E-state index contributed by atoms with van der Waals surface area (Å²) in [6, 6.07) is 0. The van der Waals surface area contributed by atoms with Crippen molar-refractivity contribution in [1.29, 1.82) is 0 Å². The zero-order valence-corrected chi connectivity index (χ0v) is 9.34. The summed E-state index contributed by atoms with van der Waals surface area (Å²) in [5.74, 6) is 0.238. The molecule has 0 aliphatic heterocycles. The van der Waals surface area contributed by atoms with Gasteiger partial charge >= 0.3 is 16.5 Å². The Balaban J connectivity index is 2.92. The van der Waals surface area contributed by atoms with Crippen molar-refractivity contribution >= 4 is 10.3 Å². The quantitative estimate of drug-likeness (QED) is 0.733. The van der Waals surface area contributed by atoms with E-state index in [-0.39, 0.29) is 5.82 Å². The Labute approximate surface area is 90.3 Å². The average Bonchev–Trinajstić information content (AvgIpc) is 2.44. The van der Waals surface area contributed by atoms with Crippen LogP contribution in [0.25, 0.3) is 0 Å². The van der Waals surface area contributed by atoms with Gasteiger partial charge in [0.25, 0.3) is 5.82 Å². The van der Waals surface area contributed by atoms with Gasteiger partial charge in [0, 0.05) is 6.92 Å². The molecule has 0 bridgehead atoms. The van der Waals surface area contributed by atoms with E-state index in [1.807, 2.05) is 0 Å². The third-order valence-electron chi connectivity index (χ3n) is 1.87. The first kappa shape index (κ1) is 13.0. The van der Waals surface area contributed by atoms with Crippen molar-refractivity contribution in [2.24, 2.45) is 7.05 Å². The predicted molar refractivity (Wildman–Crippen MR) is 46.7 cm³/mol. The van der Waals surface area contributed by atoms with Crippen LogP contribution in [0, 0.1) is 6.92 Å². The fraction of sp³-hybridized carbons (Fsp3) is 0.571. The normalized spacial score (nSPS) is 13.1. The van der Waals surface area contributed by atoms with Gasteiger partial charge in [0.2, 0.25) is 0 Å². The van der Waals surface area contributed by atoms with Gasteiger partial charge in [-0.15, -0.1) is 0 Å². The third-order valence-corrected chi connectivity index (χ3v) is 3.15. The van der Waals surface area contributed by atoms with Crippen LogP contribution in [0.4, 0.5) is 13.2 Å². The molecule has 5 nitrogen and oxygen atoms in total. The highest BCUT2D eigenvalue weighted by Crippen LogP contribution is 2.16. The highest BCUT2D eigenvalue weighted by atomic mass is 32.2. The maximum absolute atomic E-state index is 11.8. The summed E-state index contributed by atoms with van der Waals surface area (Å²) >= 11 is 0. The molecule has 9 heteroatoms. The van der Waals surface area contributed by atoms with Crippen molar-refractivity contribution in [3.63, 3.8) is 0 Å². The largest absolute Gasteiger partial charge is 0.442 e. The van der Waals surface area contributed by atoms with E-state index in [4.69, 9.17) is 0 Å². The van der Waals surface area contributed by atoms with Crippen molar-refractivity contribution in [2.45, 2.75) is 13.1 Å². The second kappa shape index (κ2) is 4.06. The molecule has 1 aromatic heterocycles. The van der Waals surface area contributed by atoms with E-state index in [1.165, 1.54) is 17.7 Å². The number of imidazole rings is 1. The molecule has 0 amide bonds. The second-order valence-corrected chi connectivity index (χ2v) is 4.57. The minimum atomic E-state index is -4.68. The van der Waals surface area contributed by atoms with E-state index in [2.05, 4.69) is 4.18 Å². The van der Waals surface area contributed by atoms with Crippen molar-refractivity contribution < 1.29 is 30.3 Å². The van der Waals surface area contributed by atoms with Crippen molar-refractivity contribution in [1.82, 2.24) is 3.97 Å². The molecule has 0 N–H and O–H groups in total. The lowest BCUT2D eigenvalue weighted by molar-refractivity contribution is -0.676. The number of halogens is 3. The van der Waals surface area contributed by atoms with Crippen LogP contribution in [0.3, 0.4) is 0 Å². The molecule has 0 spiro atoms. The molecule has 1 aromatic rings. The monoisotopic (exact) mass is 259 g/mol. The molecule has 0 unspecified atom stereocenters. The number of rotatable bonds is 3. The van der Waals surface area contributed by atoms with E-state index in [1.54, 1.807) is 7.05 Å². The number of nitrogens with zero attached hydrogens (tertiary/aromatic N) is 2. The van der Waals surface area contributed by atoms with Crippen LogP contribution in [0.2, 0.25) is 0 Å². The highest BCUT2D eigenvalue weighted by molar-refractivity contribution is 7.85. The van der Waals surface area contributed by atoms with Gasteiger partial charge in [-0.2, -0.15) is 21.6 Å². The Bertz CT molecular complexity index is 478. The number of aryl methyl sites for hydroxylation is 1. The lowest BCUT2D eigenvalue weighted by Gasteiger charge is -2.05. The third kappa shape index (κ3) is 2.95. The van der Waals surface area contributed by atoms with Gasteiger partial charge in [0.1, 0.15) is 12.4 Å². The zero-order chi connectivity index (χ0) is 12.6. The Morgan fingerprint density at radius 1 is 1.50 bits per heavy atom. The van der Waals surface area contributed by atoms with Gasteiger partial charge in [-0.05, 0) is 0 Å². The maximum atomic E-state index is 11.8. The lowest BCUT2D eigenvalue weighted by Crippen LogP contribution is -2.32. The van der Waals surface area contributed by atoms with Gasteiger partial charge in [0.15, 0.2) is 6.61 Å². The van der Waals surface area contributed by atoms with Crippen molar-refractivity contribution in [3.8, 4) is 0 Å². The maximum Gasteiger partial charge on any atom is 0.442 e. The average molecular weight is 259 g/mol. The van der Waals surface area contributed by atoms with E-state index in [9.17, 15) is 21.6 Å². The van der Waals surface area contributed by atoms with Gasteiger partial charge < -0.3 is 0 Å². The summed E-state index contributed by atoms with van der Waals surface area (Å²) in [7, 11) is -2.87. The summed E-state index contributed by atoms with van der Waals surface area (Å²) in [5, 5.41) is 0. The molecule has 0 aliphatic carbocycles. The summed E-state index contributed by atoms with van der Waals surface area (Å²) in [6.45, 7) is -0.398. The molecule has 16 heavy (non-hydrogen) atoms. The minimum Gasteiger partial charge on any atom is -0.236 e.